The van der Waals surface area contributed by atoms with Crippen LogP contribution in [0.5, 0.6) is 0 Å². The van der Waals surface area contributed by atoms with Crippen molar-refractivity contribution in [3.8, 4) is 0 Å². The number of aliphatic carboxylic acids is 1. The molecule has 1 unspecified atom stereocenters. The summed E-state index contributed by atoms with van der Waals surface area (Å²) in [5.74, 6) is -1.32. The van der Waals surface area contributed by atoms with Gasteiger partial charge in [-0.25, -0.2) is 4.98 Å². The summed E-state index contributed by atoms with van der Waals surface area (Å²) in [7, 11) is 0. The molecule has 1 atom stereocenters. The molecule has 1 aliphatic rings. The van der Waals surface area contributed by atoms with Crippen LogP contribution in [-0.2, 0) is 4.79 Å². The van der Waals surface area contributed by atoms with Crippen molar-refractivity contribution < 1.29 is 14.7 Å². The van der Waals surface area contributed by atoms with E-state index >= 15 is 0 Å². The van der Waals surface area contributed by atoms with Gasteiger partial charge >= 0.3 is 5.97 Å². The van der Waals surface area contributed by atoms with Crippen molar-refractivity contribution in [1.82, 2.24) is 9.88 Å². The molecule has 6 nitrogen and oxygen atoms in total. The topological polar surface area (TPSA) is 96.5 Å². The summed E-state index contributed by atoms with van der Waals surface area (Å²) in [6, 6.07) is 0. The van der Waals surface area contributed by atoms with Crippen LogP contribution in [0.1, 0.15) is 16.9 Å². The second kappa shape index (κ2) is 3.84. The highest BCUT2D eigenvalue weighted by molar-refractivity contribution is 7.07. The summed E-state index contributed by atoms with van der Waals surface area (Å²) in [6.07, 6.45) is 0.276. The van der Waals surface area contributed by atoms with Gasteiger partial charge in [0.2, 0.25) is 0 Å². The lowest BCUT2D eigenvalue weighted by atomic mass is 10.0. The zero-order valence-electron chi connectivity index (χ0n) is 8.42. The minimum atomic E-state index is -1.31. The number of hydrogen-bond donors (Lipinski definition) is 2. The van der Waals surface area contributed by atoms with Gasteiger partial charge in [-0.15, -0.1) is 11.3 Å². The number of hydrogen-bond acceptors (Lipinski definition) is 5. The second-order valence-electron chi connectivity index (χ2n) is 3.81. The van der Waals surface area contributed by atoms with E-state index in [-0.39, 0.29) is 18.9 Å². The molecule has 1 amide bonds. The Balaban J connectivity index is 2.10. The van der Waals surface area contributed by atoms with Gasteiger partial charge in [0.15, 0.2) is 0 Å². The van der Waals surface area contributed by atoms with Crippen molar-refractivity contribution in [1.29, 1.82) is 0 Å². The molecule has 2 rings (SSSR count). The molecule has 1 fully saturated rings. The Morgan fingerprint density at radius 2 is 2.38 bits per heavy atom. The number of thiazole rings is 1. The third-order valence-electron chi connectivity index (χ3n) is 2.67. The van der Waals surface area contributed by atoms with Crippen LogP contribution < -0.4 is 5.73 Å². The van der Waals surface area contributed by atoms with Gasteiger partial charge in [0, 0.05) is 18.5 Å². The Labute approximate surface area is 95.7 Å². The highest BCUT2D eigenvalue weighted by Crippen LogP contribution is 2.20. The first kappa shape index (κ1) is 11.0. The summed E-state index contributed by atoms with van der Waals surface area (Å²) in [5.41, 5.74) is 6.27. The van der Waals surface area contributed by atoms with Crippen LogP contribution in [0.2, 0.25) is 0 Å². The first-order chi connectivity index (χ1) is 7.53. The Morgan fingerprint density at radius 1 is 1.62 bits per heavy atom. The Morgan fingerprint density at radius 3 is 2.88 bits per heavy atom. The van der Waals surface area contributed by atoms with Crippen LogP contribution in [-0.4, -0.2) is 45.5 Å². The number of carbonyl (C=O) groups excluding carboxylic acids is 1. The summed E-state index contributed by atoms with van der Waals surface area (Å²) in [4.78, 5) is 28.1. The lowest BCUT2D eigenvalue weighted by Gasteiger charge is -2.19. The van der Waals surface area contributed by atoms with Crippen molar-refractivity contribution >= 4 is 23.2 Å². The zero-order valence-corrected chi connectivity index (χ0v) is 9.24. The third-order valence-corrected chi connectivity index (χ3v) is 3.25. The molecule has 0 bridgehead atoms. The van der Waals surface area contributed by atoms with Crippen molar-refractivity contribution in [2.75, 3.05) is 13.1 Å². The average molecular weight is 241 g/mol. The smallest absolute Gasteiger partial charge is 0.325 e. The Hall–Kier alpha value is -1.47. The number of rotatable bonds is 2. The Bertz CT molecular complexity index is 420. The number of likely N-dealkylation sites (tertiary alicyclic amines) is 1. The first-order valence-corrected chi connectivity index (χ1v) is 5.67. The van der Waals surface area contributed by atoms with Crippen LogP contribution in [0.4, 0.5) is 0 Å². The molecule has 86 valence electrons. The highest BCUT2D eigenvalue weighted by Gasteiger charge is 2.43. The standard InChI is InChI=1S/C9H11N3O3S/c10-9(8(14)15)1-2-12(4-9)7(13)6-3-16-5-11-6/h3,5H,1-2,4,10H2,(H,14,15). The number of nitrogens with zero attached hydrogens (tertiary/aromatic N) is 2. The molecule has 3 N–H and O–H groups in total. The van der Waals surface area contributed by atoms with E-state index in [9.17, 15) is 9.59 Å². The quantitative estimate of drug-likeness (QED) is 0.745. The average Bonchev–Trinajstić information content (AvgIpc) is 2.85. The van der Waals surface area contributed by atoms with E-state index in [0.29, 0.717) is 12.2 Å². The fourth-order valence-electron chi connectivity index (χ4n) is 1.66. The lowest BCUT2D eigenvalue weighted by molar-refractivity contribution is -0.142. The Kier molecular flexibility index (Phi) is 2.64. The van der Waals surface area contributed by atoms with E-state index in [4.69, 9.17) is 10.8 Å². The number of carbonyl (C=O) groups is 2. The maximum absolute atomic E-state index is 11.8. The zero-order chi connectivity index (χ0) is 11.8. The fourth-order valence-corrected chi connectivity index (χ4v) is 2.19. The normalized spacial score (nSPS) is 24.7. The number of nitrogens with two attached hydrogens (primary N) is 1. The largest absolute Gasteiger partial charge is 0.480 e. The number of amides is 1. The molecule has 0 aromatic carbocycles. The molecule has 1 aromatic rings. The first-order valence-electron chi connectivity index (χ1n) is 4.73. The maximum Gasteiger partial charge on any atom is 0.325 e. The monoisotopic (exact) mass is 241 g/mol. The number of carboxylic acid groups (broad SMARTS) is 1. The van der Waals surface area contributed by atoms with Crippen molar-refractivity contribution in [2.24, 2.45) is 5.73 Å². The summed E-state index contributed by atoms with van der Waals surface area (Å²) >= 11 is 1.33. The van der Waals surface area contributed by atoms with E-state index in [1.165, 1.54) is 16.2 Å². The van der Waals surface area contributed by atoms with Crippen LogP contribution in [0, 0.1) is 0 Å². The maximum atomic E-state index is 11.8. The minimum Gasteiger partial charge on any atom is -0.480 e. The van der Waals surface area contributed by atoms with Gasteiger partial charge < -0.3 is 15.7 Å². The predicted octanol–water partition coefficient (Wildman–Crippen LogP) is -0.229. The van der Waals surface area contributed by atoms with Gasteiger partial charge in [0.25, 0.3) is 5.91 Å². The lowest BCUT2D eigenvalue weighted by Crippen LogP contribution is -2.50. The van der Waals surface area contributed by atoms with E-state index < -0.39 is 11.5 Å². The molecule has 2 heterocycles. The van der Waals surface area contributed by atoms with Gasteiger partial charge in [-0.2, -0.15) is 0 Å². The molecule has 1 aromatic heterocycles. The summed E-state index contributed by atoms with van der Waals surface area (Å²) < 4.78 is 0. The molecule has 0 aliphatic carbocycles. The molecule has 7 heteroatoms. The predicted molar refractivity (Wildman–Crippen MR) is 57.2 cm³/mol. The van der Waals surface area contributed by atoms with Gasteiger partial charge in [-0.05, 0) is 6.42 Å². The SMILES string of the molecule is NC1(C(=O)O)CCN(C(=O)c2cscn2)C1. The van der Waals surface area contributed by atoms with Gasteiger partial charge in [0.05, 0.1) is 5.51 Å². The van der Waals surface area contributed by atoms with Gasteiger partial charge in [-0.1, -0.05) is 0 Å². The van der Waals surface area contributed by atoms with E-state index in [1.54, 1.807) is 10.9 Å². The molecule has 1 saturated heterocycles. The molecule has 16 heavy (non-hydrogen) atoms. The van der Waals surface area contributed by atoms with Gasteiger partial charge in [-0.3, -0.25) is 9.59 Å². The molecular formula is C9H11N3O3S. The van der Waals surface area contributed by atoms with Crippen molar-refractivity contribution in [3.63, 3.8) is 0 Å². The number of carboxylic acids is 1. The fraction of sp³-hybridized carbons (Fsp3) is 0.444. The van der Waals surface area contributed by atoms with Crippen LogP contribution in [0.25, 0.3) is 0 Å². The number of aromatic nitrogens is 1. The van der Waals surface area contributed by atoms with Crippen molar-refractivity contribution in [3.05, 3.63) is 16.6 Å². The summed E-state index contributed by atoms with van der Waals surface area (Å²) in [5, 5.41) is 10.6. The van der Waals surface area contributed by atoms with E-state index in [0.717, 1.165) is 0 Å². The molecule has 0 radical (unpaired) electrons. The van der Waals surface area contributed by atoms with Gasteiger partial charge in [0.1, 0.15) is 11.2 Å². The minimum absolute atomic E-state index is 0.0404. The van der Waals surface area contributed by atoms with Crippen LogP contribution >= 0.6 is 11.3 Å². The molecule has 1 aliphatic heterocycles. The van der Waals surface area contributed by atoms with Crippen molar-refractivity contribution in [2.45, 2.75) is 12.0 Å². The second-order valence-corrected chi connectivity index (χ2v) is 4.53. The van der Waals surface area contributed by atoms with E-state index in [2.05, 4.69) is 4.98 Å². The third kappa shape index (κ3) is 1.79. The van der Waals surface area contributed by atoms with E-state index in [1.807, 2.05) is 0 Å². The molecule has 0 saturated carbocycles. The van der Waals surface area contributed by atoms with Crippen LogP contribution in [0.3, 0.4) is 0 Å². The molecule has 0 spiro atoms. The highest BCUT2D eigenvalue weighted by atomic mass is 32.1. The van der Waals surface area contributed by atoms with Crippen LogP contribution in [0.15, 0.2) is 10.9 Å². The summed E-state index contributed by atoms with van der Waals surface area (Å²) in [6.45, 7) is 0.401. The molecular weight excluding hydrogens is 230 g/mol.